The maximum atomic E-state index is 7.30. The van der Waals surface area contributed by atoms with Crippen molar-refractivity contribution < 1.29 is 9.47 Å². The van der Waals surface area contributed by atoms with Crippen LogP contribution in [0.5, 0.6) is 23.0 Å². The molecule has 0 aliphatic carbocycles. The highest BCUT2D eigenvalue weighted by Crippen LogP contribution is 2.63. The van der Waals surface area contributed by atoms with E-state index in [4.69, 9.17) is 9.47 Å². The van der Waals surface area contributed by atoms with Gasteiger partial charge < -0.3 is 19.4 Å². The van der Waals surface area contributed by atoms with Crippen molar-refractivity contribution in [2.45, 2.75) is 5.41 Å². The smallest absolute Gasteiger partial charge is 0.140 e. The summed E-state index contributed by atoms with van der Waals surface area (Å²) in [6, 6.07) is 56.3. The SMILES string of the molecule is C1=CCNC(c2ccc3c(c2)Oc2c(-c4cccc5c6ccccc6n(-c6ccccc6)c45)cccc2C32c3ccccc3Oc3ccccc32)=C1. The van der Waals surface area contributed by atoms with Gasteiger partial charge in [-0.1, -0.05) is 133 Å². The normalized spacial score (nSPS) is 14.7. The highest BCUT2D eigenvalue weighted by atomic mass is 16.5. The van der Waals surface area contributed by atoms with Gasteiger partial charge in [-0.3, -0.25) is 0 Å². The van der Waals surface area contributed by atoms with E-state index in [2.05, 4.69) is 186 Å². The van der Waals surface area contributed by atoms with E-state index in [-0.39, 0.29) is 0 Å². The van der Waals surface area contributed by atoms with Gasteiger partial charge in [-0.2, -0.15) is 0 Å². The summed E-state index contributed by atoms with van der Waals surface area (Å²) in [5, 5.41) is 5.97. The number of benzene rings is 7. The fraction of sp³-hybridized carbons (Fsp3) is 0.0417. The van der Waals surface area contributed by atoms with Crippen LogP contribution in [0.15, 0.2) is 176 Å². The van der Waals surface area contributed by atoms with Gasteiger partial charge in [-0.15, -0.1) is 0 Å². The molecule has 8 aromatic rings. The van der Waals surface area contributed by atoms with Gasteiger partial charge in [0.1, 0.15) is 23.0 Å². The topological polar surface area (TPSA) is 35.4 Å². The summed E-state index contributed by atoms with van der Waals surface area (Å²) >= 11 is 0. The molecular formula is C48H32N2O2. The van der Waals surface area contributed by atoms with Gasteiger partial charge in [-0.05, 0) is 42.5 Å². The lowest BCUT2D eigenvalue weighted by atomic mass is 9.62. The lowest BCUT2D eigenvalue weighted by Gasteiger charge is -2.45. The Morgan fingerprint density at radius 3 is 2.02 bits per heavy atom. The van der Waals surface area contributed by atoms with E-state index in [1.807, 2.05) is 0 Å². The predicted molar refractivity (Wildman–Crippen MR) is 210 cm³/mol. The first-order valence-corrected chi connectivity index (χ1v) is 17.8. The van der Waals surface area contributed by atoms with Crippen LogP contribution in [-0.4, -0.2) is 11.1 Å². The van der Waals surface area contributed by atoms with Crippen molar-refractivity contribution in [2.75, 3.05) is 6.54 Å². The van der Waals surface area contributed by atoms with Gasteiger partial charge in [-0.25, -0.2) is 0 Å². The molecule has 3 aliphatic rings. The van der Waals surface area contributed by atoms with Crippen molar-refractivity contribution in [1.82, 2.24) is 9.88 Å². The molecule has 0 unspecified atom stereocenters. The van der Waals surface area contributed by atoms with Gasteiger partial charge in [0.2, 0.25) is 0 Å². The van der Waals surface area contributed by atoms with Gasteiger partial charge in [0.25, 0.3) is 0 Å². The van der Waals surface area contributed by atoms with E-state index in [0.29, 0.717) is 0 Å². The molecule has 52 heavy (non-hydrogen) atoms. The van der Waals surface area contributed by atoms with E-state index in [1.165, 1.54) is 16.3 Å². The monoisotopic (exact) mass is 668 g/mol. The van der Waals surface area contributed by atoms with Crippen molar-refractivity contribution >= 4 is 27.5 Å². The summed E-state index contributed by atoms with van der Waals surface area (Å²) in [4.78, 5) is 0. The van der Waals surface area contributed by atoms with Gasteiger partial charge in [0, 0.05) is 67.6 Å². The number of ether oxygens (including phenoxy) is 2. The van der Waals surface area contributed by atoms with Crippen LogP contribution in [0.25, 0.3) is 44.3 Å². The zero-order chi connectivity index (χ0) is 34.2. The Morgan fingerprint density at radius 2 is 1.21 bits per heavy atom. The van der Waals surface area contributed by atoms with Gasteiger partial charge >= 0.3 is 0 Å². The molecule has 4 heterocycles. The average Bonchev–Trinajstić information content (AvgIpc) is 3.56. The molecule has 0 bridgehead atoms. The fourth-order valence-corrected chi connectivity index (χ4v) is 8.81. The number of rotatable bonds is 3. The molecule has 0 radical (unpaired) electrons. The summed E-state index contributed by atoms with van der Waals surface area (Å²) in [7, 11) is 0. The van der Waals surface area contributed by atoms with E-state index in [0.717, 1.165) is 85.4 Å². The highest BCUT2D eigenvalue weighted by molar-refractivity contribution is 6.14. The Morgan fingerprint density at radius 1 is 0.538 bits per heavy atom. The van der Waals surface area contributed by atoms with Crippen molar-refractivity contribution in [3.63, 3.8) is 0 Å². The third-order valence-corrected chi connectivity index (χ3v) is 10.9. The predicted octanol–water partition coefficient (Wildman–Crippen LogP) is 11.5. The first-order valence-electron chi connectivity index (χ1n) is 17.8. The van der Waals surface area contributed by atoms with E-state index >= 15 is 0 Å². The standard InChI is InChI=1S/C48H32N2O2/c1-2-14-32(15-3-1)50-42-24-7-4-16-33(42)34-17-12-18-35(46(34)50)36-19-13-22-40-47(36)52-45-30-31(41-23-10-11-29-49-41)27-28-39(45)48(40)37-20-5-8-25-43(37)51-44-26-9-6-21-38(44)48/h1-28,30,49H,29H2. The van der Waals surface area contributed by atoms with Crippen molar-refractivity contribution in [3.05, 3.63) is 204 Å². The molecule has 0 saturated heterocycles. The number of nitrogens with one attached hydrogen (secondary N) is 1. The molecule has 0 saturated carbocycles. The Balaban J connectivity index is 1.26. The number of dihydropyridines is 1. The molecule has 4 nitrogen and oxygen atoms in total. The molecule has 0 atom stereocenters. The molecule has 0 amide bonds. The second-order valence-electron chi connectivity index (χ2n) is 13.6. The van der Waals surface area contributed by atoms with Crippen molar-refractivity contribution in [2.24, 2.45) is 0 Å². The quantitative estimate of drug-likeness (QED) is 0.204. The van der Waals surface area contributed by atoms with Crippen molar-refractivity contribution in [3.8, 4) is 39.8 Å². The number of nitrogens with zero attached hydrogens (tertiary/aromatic N) is 1. The molecule has 7 aromatic carbocycles. The number of para-hydroxylation sites is 6. The molecule has 11 rings (SSSR count). The lowest BCUT2D eigenvalue weighted by molar-refractivity contribution is 0.400. The van der Waals surface area contributed by atoms with Crippen molar-refractivity contribution in [1.29, 1.82) is 0 Å². The van der Waals surface area contributed by atoms with Crippen LogP contribution >= 0.6 is 0 Å². The van der Waals surface area contributed by atoms with Crippen LogP contribution < -0.4 is 14.8 Å². The van der Waals surface area contributed by atoms with Crippen LogP contribution in [0.2, 0.25) is 0 Å². The lowest BCUT2D eigenvalue weighted by Crippen LogP contribution is -2.37. The molecule has 0 fully saturated rings. The molecule has 3 aliphatic heterocycles. The number of aromatic nitrogens is 1. The Bertz CT molecular complexity index is 2760. The largest absolute Gasteiger partial charge is 0.457 e. The minimum absolute atomic E-state index is 0.697. The van der Waals surface area contributed by atoms with Gasteiger partial charge in [0.15, 0.2) is 0 Å². The highest BCUT2D eigenvalue weighted by Gasteiger charge is 2.51. The number of fused-ring (bicyclic) bond motifs is 11. The molecular weight excluding hydrogens is 637 g/mol. The summed E-state index contributed by atoms with van der Waals surface area (Å²) < 4.78 is 16.4. The maximum absolute atomic E-state index is 7.30. The van der Waals surface area contributed by atoms with E-state index in [1.54, 1.807) is 0 Å². The average molecular weight is 669 g/mol. The van der Waals surface area contributed by atoms with Crippen LogP contribution in [0.4, 0.5) is 0 Å². The summed E-state index contributed by atoms with van der Waals surface area (Å²) in [6.07, 6.45) is 6.37. The summed E-state index contributed by atoms with van der Waals surface area (Å²) in [5.41, 5.74) is 11.4. The Kier molecular flexibility index (Phi) is 6.20. The number of hydrogen-bond donors (Lipinski definition) is 1. The minimum atomic E-state index is -0.697. The molecule has 4 heteroatoms. The zero-order valence-electron chi connectivity index (χ0n) is 28.2. The zero-order valence-corrected chi connectivity index (χ0v) is 28.2. The molecule has 1 spiro atoms. The minimum Gasteiger partial charge on any atom is -0.457 e. The van der Waals surface area contributed by atoms with E-state index < -0.39 is 5.41 Å². The van der Waals surface area contributed by atoms with Crippen LogP contribution in [0, 0.1) is 0 Å². The fourth-order valence-electron chi connectivity index (χ4n) is 8.81. The van der Waals surface area contributed by atoms with E-state index in [9.17, 15) is 0 Å². The second-order valence-corrected chi connectivity index (χ2v) is 13.6. The number of hydrogen-bond acceptors (Lipinski definition) is 3. The second kappa shape index (κ2) is 11.1. The molecule has 1 aromatic heterocycles. The maximum Gasteiger partial charge on any atom is 0.140 e. The molecule has 1 N–H and O–H groups in total. The first-order chi connectivity index (χ1) is 25.8. The Labute approximate surface area is 301 Å². The van der Waals surface area contributed by atoms with Gasteiger partial charge in [0.05, 0.1) is 16.4 Å². The summed E-state index contributed by atoms with van der Waals surface area (Å²) in [5.74, 6) is 3.38. The molecule has 246 valence electrons. The van der Waals surface area contributed by atoms with Crippen LogP contribution in [-0.2, 0) is 5.41 Å². The number of allylic oxidation sites excluding steroid dienone is 2. The van der Waals surface area contributed by atoms with Crippen LogP contribution in [0.1, 0.15) is 27.8 Å². The Hall–Kier alpha value is -6.78. The third kappa shape index (κ3) is 3.97. The summed E-state index contributed by atoms with van der Waals surface area (Å²) in [6.45, 7) is 0.790. The van der Waals surface area contributed by atoms with Crippen LogP contribution in [0.3, 0.4) is 0 Å². The first kappa shape index (κ1) is 29.0. The third-order valence-electron chi connectivity index (χ3n) is 10.9.